The molecule has 176 valence electrons. The van der Waals surface area contributed by atoms with Gasteiger partial charge in [-0.2, -0.15) is 30.4 Å². The third-order valence-corrected chi connectivity index (χ3v) is 6.65. The molecule has 9 nitrogen and oxygen atoms in total. The first-order valence-electron chi connectivity index (χ1n) is 8.80. The zero-order valence-electron chi connectivity index (χ0n) is 15.6. The molecule has 0 spiro atoms. The highest BCUT2D eigenvalue weighted by Crippen LogP contribution is 2.60. The highest BCUT2D eigenvalue weighted by atomic mass is 32.2. The van der Waals surface area contributed by atoms with E-state index in [0.29, 0.717) is 0 Å². The molecule has 1 heterocycles. The van der Waals surface area contributed by atoms with E-state index in [-0.39, 0.29) is 12.0 Å². The second-order valence-corrected chi connectivity index (χ2v) is 9.20. The lowest BCUT2D eigenvalue weighted by Gasteiger charge is -2.33. The molecule has 1 saturated heterocycles. The molecule has 31 heavy (non-hydrogen) atoms. The second-order valence-electron chi connectivity index (χ2n) is 7.70. The van der Waals surface area contributed by atoms with Gasteiger partial charge >= 0.3 is 33.5 Å². The first-order valence-corrected chi connectivity index (χ1v) is 10.2. The Kier molecular flexibility index (Phi) is 5.65. The van der Waals surface area contributed by atoms with E-state index >= 15 is 0 Å². The molecule has 2 saturated carbocycles. The van der Waals surface area contributed by atoms with Gasteiger partial charge in [-0.3, -0.25) is 9.35 Å². The average molecular weight is 480 g/mol. The van der Waals surface area contributed by atoms with Crippen LogP contribution in [0.2, 0.25) is 0 Å². The molecule has 1 aliphatic heterocycles. The number of aliphatic hydroxyl groups excluding tert-OH is 1. The number of hydrogen-bond donors (Lipinski definition) is 2. The maximum absolute atomic E-state index is 13.7. The Bertz CT molecular complexity index is 902. The van der Waals surface area contributed by atoms with Crippen molar-refractivity contribution in [3.8, 4) is 0 Å². The number of rotatable bonds is 6. The molecule has 0 aromatic heterocycles. The van der Waals surface area contributed by atoms with Gasteiger partial charge in [-0.25, -0.2) is 4.79 Å². The van der Waals surface area contributed by atoms with Crippen molar-refractivity contribution in [1.82, 2.24) is 0 Å². The van der Waals surface area contributed by atoms with E-state index in [2.05, 4.69) is 11.3 Å². The van der Waals surface area contributed by atoms with Crippen LogP contribution in [-0.4, -0.2) is 66.0 Å². The lowest BCUT2D eigenvalue weighted by Crippen LogP contribution is -2.54. The van der Waals surface area contributed by atoms with E-state index < -0.39 is 81.8 Å². The summed E-state index contributed by atoms with van der Waals surface area (Å²) < 4.78 is 111. The fourth-order valence-corrected chi connectivity index (χ4v) is 4.97. The summed E-state index contributed by atoms with van der Waals surface area (Å²) in [5.41, 5.74) is -0.0446. The van der Waals surface area contributed by atoms with Gasteiger partial charge in [0, 0.05) is 11.5 Å². The Hall–Kier alpha value is -1.84. The second kappa shape index (κ2) is 7.35. The van der Waals surface area contributed by atoms with Crippen molar-refractivity contribution in [2.24, 2.45) is 23.7 Å². The number of hydrogen-bond acceptors (Lipinski definition) is 8. The van der Waals surface area contributed by atoms with Crippen molar-refractivity contribution in [3.05, 3.63) is 12.2 Å². The van der Waals surface area contributed by atoms with Gasteiger partial charge in [0.1, 0.15) is 6.10 Å². The average Bonchev–Trinajstić information content (AvgIpc) is 3.19. The maximum atomic E-state index is 13.7. The molecule has 8 unspecified atom stereocenters. The van der Waals surface area contributed by atoms with Crippen molar-refractivity contribution in [3.63, 3.8) is 0 Å². The molecule has 8 atom stereocenters. The normalized spacial score (nSPS) is 35.7. The smallest absolute Gasteiger partial charge is 0.432 e. The van der Waals surface area contributed by atoms with Crippen molar-refractivity contribution in [2.75, 3.05) is 0 Å². The maximum Gasteiger partial charge on any atom is 0.432 e. The van der Waals surface area contributed by atoms with Crippen molar-refractivity contribution >= 4 is 22.1 Å². The van der Waals surface area contributed by atoms with Gasteiger partial charge in [-0.05, 0) is 19.3 Å². The molecule has 0 aromatic carbocycles. The Labute approximate surface area is 171 Å². The number of fused-ring (bicyclic) bond motifs is 1. The number of carbonyl (C=O) groups is 2. The van der Waals surface area contributed by atoms with E-state index in [9.17, 15) is 45.1 Å². The summed E-state index contributed by atoms with van der Waals surface area (Å²) in [7, 11) is -6.60. The van der Waals surface area contributed by atoms with Crippen LogP contribution in [0.5, 0.6) is 0 Å². The Morgan fingerprint density at radius 3 is 2.26 bits per heavy atom. The summed E-state index contributed by atoms with van der Waals surface area (Å²) in [6, 6.07) is 0. The quantitative estimate of drug-likeness (QED) is 0.247. The van der Waals surface area contributed by atoms with Gasteiger partial charge in [0.15, 0.2) is 6.29 Å². The summed E-state index contributed by atoms with van der Waals surface area (Å²) in [6.45, 7) is 4.66. The number of esters is 2. The van der Waals surface area contributed by atoms with Gasteiger partial charge in [-0.15, -0.1) is 0 Å². The Balaban J connectivity index is 1.89. The van der Waals surface area contributed by atoms with Crippen molar-refractivity contribution in [2.45, 2.75) is 49.4 Å². The molecular weight excluding hydrogens is 463 g/mol. The van der Waals surface area contributed by atoms with Crippen LogP contribution >= 0.6 is 0 Å². The predicted molar refractivity (Wildman–Crippen MR) is 86.6 cm³/mol. The first-order chi connectivity index (χ1) is 14.0. The summed E-state index contributed by atoms with van der Waals surface area (Å²) in [5.74, 6) is -6.96. The Morgan fingerprint density at radius 2 is 1.77 bits per heavy atom. The van der Waals surface area contributed by atoms with E-state index in [1.54, 1.807) is 0 Å². The third-order valence-electron chi connectivity index (χ3n) is 5.75. The Morgan fingerprint density at radius 1 is 1.19 bits per heavy atom. The van der Waals surface area contributed by atoms with Crippen LogP contribution in [0.4, 0.5) is 22.0 Å². The molecule has 3 fully saturated rings. The number of ether oxygens (including phenoxy) is 3. The molecule has 2 N–H and O–H groups in total. The minimum Gasteiger partial charge on any atom is -0.458 e. The van der Waals surface area contributed by atoms with Gasteiger partial charge in [0.25, 0.3) is 6.10 Å². The topological polar surface area (TPSA) is 136 Å². The molecule has 15 heteroatoms. The number of aliphatic hydroxyl groups is 1. The minimum absolute atomic E-state index is 0.0446. The fourth-order valence-electron chi connectivity index (χ4n) is 4.51. The van der Waals surface area contributed by atoms with Gasteiger partial charge in [0.2, 0.25) is 0 Å². The summed E-state index contributed by atoms with van der Waals surface area (Å²) in [5, 5.41) is 4.18. The zero-order valence-corrected chi connectivity index (χ0v) is 16.4. The monoisotopic (exact) mass is 480 g/mol. The predicted octanol–water partition coefficient (Wildman–Crippen LogP) is 1.03. The molecule has 3 aliphatic rings. The number of halogens is 5. The van der Waals surface area contributed by atoms with Crippen LogP contribution in [0.3, 0.4) is 0 Å². The first kappa shape index (κ1) is 23.8. The SMILES string of the molecule is C=C(C)C(=O)OC1C2CC3C(OC(O)C31)C2C(=O)OC(C(F)(F)F)C(F)(F)S(=O)(=O)O. The summed E-state index contributed by atoms with van der Waals surface area (Å²) >= 11 is 0. The summed E-state index contributed by atoms with van der Waals surface area (Å²) in [4.78, 5) is 24.4. The molecule has 0 amide bonds. The standard InChI is InChI=1S/C16H17F5O9S/c1-4(2)11(22)28-9-6-3-5-7(9)12(23)29-10(5)8(6)13(24)30-14(15(17,18)19)16(20,21)31(25,26)27/h5-10,12,14,23H,1,3H2,2H3,(H,25,26,27). The number of alkyl halides is 5. The van der Waals surface area contributed by atoms with Crippen LogP contribution in [0.25, 0.3) is 0 Å². The zero-order chi connectivity index (χ0) is 23.7. The van der Waals surface area contributed by atoms with E-state index in [4.69, 9.17) is 14.0 Å². The van der Waals surface area contributed by atoms with Gasteiger partial charge < -0.3 is 19.3 Å². The van der Waals surface area contributed by atoms with Crippen LogP contribution < -0.4 is 0 Å². The van der Waals surface area contributed by atoms with Crippen LogP contribution in [0.15, 0.2) is 12.2 Å². The van der Waals surface area contributed by atoms with Gasteiger partial charge in [0.05, 0.1) is 17.9 Å². The molecule has 2 aliphatic carbocycles. The highest BCUT2D eigenvalue weighted by molar-refractivity contribution is 7.86. The lowest BCUT2D eigenvalue weighted by atomic mass is 9.79. The highest BCUT2D eigenvalue weighted by Gasteiger charge is 2.71. The van der Waals surface area contributed by atoms with Crippen LogP contribution in [0, 0.1) is 23.7 Å². The summed E-state index contributed by atoms with van der Waals surface area (Å²) in [6.07, 6.45) is -14.5. The molecule has 0 radical (unpaired) electrons. The van der Waals surface area contributed by atoms with E-state index in [0.717, 1.165) is 0 Å². The minimum atomic E-state index is -6.60. The molecule has 0 aromatic rings. The van der Waals surface area contributed by atoms with Crippen molar-refractivity contribution in [1.29, 1.82) is 0 Å². The van der Waals surface area contributed by atoms with Crippen molar-refractivity contribution < 1.29 is 63.8 Å². The van der Waals surface area contributed by atoms with Crippen LogP contribution in [-0.2, 0) is 33.9 Å². The van der Waals surface area contributed by atoms with E-state index in [1.807, 2.05) is 0 Å². The molecular formula is C16H17F5O9S. The van der Waals surface area contributed by atoms with Gasteiger partial charge in [-0.1, -0.05) is 6.58 Å². The largest absolute Gasteiger partial charge is 0.458 e. The molecule has 2 bridgehead atoms. The number of carbonyl (C=O) groups excluding carboxylic acids is 2. The fraction of sp³-hybridized carbons (Fsp3) is 0.750. The third kappa shape index (κ3) is 3.81. The van der Waals surface area contributed by atoms with Crippen LogP contribution in [0.1, 0.15) is 13.3 Å². The molecule has 3 rings (SSSR count). The lowest BCUT2D eigenvalue weighted by molar-refractivity contribution is -0.262. The van der Waals surface area contributed by atoms with E-state index in [1.165, 1.54) is 6.92 Å².